The molecule has 0 aliphatic rings. The molecule has 0 saturated heterocycles. The van der Waals surface area contributed by atoms with E-state index in [0.717, 1.165) is 12.8 Å². The molecule has 0 aromatic carbocycles. The molecule has 0 saturated carbocycles. The number of hydrogen-bond donors (Lipinski definition) is 1. The van der Waals surface area contributed by atoms with Gasteiger partial charge < -0.3 is 10.3 Å². The van der Waals surface area contributed by atoms with Crippen LogP contribution < -0.4 is 5.73 Å². The fourth-order valence-corrected chi connectivity index (χ4v) is 6.47. The topological polar surface area (TPSA) is 52.3 Å². The molecule has 0 aliphatic carbocycles. The van der Waals surface area contributed by atoms with Gasteiger partial charge in [0.05, 0.1) is 6.61 Å². The maximum absolute atomic E-state index is 12.3. The smallest absolute Gasteiger partial charge is 0.255 e. The van der Waals surface area contributed by atoms with E-state index in [0.29, 0.717) is 19.1 Å². The van der Waals surface area contributed by atoms with Crippen LogP contribution in [0.25, 0.3) is 0 Å². The highest BCUT2D eigenvalue weighted by atomic mass is 32.7. The molecule has 98 valence electrons. The molecule has 0 heterocycles. The molecule has 0 bridgehead atoms. The van der Waals surface area contributed by atoms with Gasteiger partial charge in [0, 0.05) is 18.0 Å². The van der Waals surface area contributed by atoms with Crippen molar-refractivity contribution in [2.45, 2.75) is 45.3 Å². The minimum atomic E-state index is -2.58. The fourth-order valence-electron chi connectivity index (χ4n) is 1.37. The van der Waals surface area contributed by atoms with Crippen molar-refractivity contribution in [3.8, 4) is 0 Å². The van der Waals surface area contributed by atoms with E-state index >= 15 is 0 Å². The third kappa shape index (κ3) is 5.72. The molecule has 2 N–H and O–H groups in total. The highest BCUT2D eigenvalue weighted by Crippen LogP contribution is 2.62. The average molecular weight is 267 g/mol. The third-order valence-corrected chi connectivity index (χ3v) is 7.22. The second-order valence-electron chi connectivity index (χ2n) is 4.65. The molecule has 3 nitrogen and oxygen atoms in total. The van der Waals surface area contributed by atoms with Crippen molar-refractivity contribution < 1.29 is 9.09 Å². The van der Waals surface area contributed by atoms with E-state index < -0.39 is 6.57 Å². The Morgan fingerprint density at radius 1 is 1.38 bits per heavy atom. The van der Waals surface area contributed by atoms with E-state index in [1.165, 1.54) is 11.4 Å². The minimum Gasteiger partial charge on any atom is -0.329 e. The first-order valence-corrected chi connectivity index (χ1v) is 9.43. The number of hydrogen-bond acceptors (Lipinski definition) is 4. The molecular formula is C11H26NO2PS. The van der Waals surface area contributed by atoms with Crippen molar-refractivity contribution in [2.75, 3.05) is 19.8 Å². The van der Waals surface area contributed by atoms with Crippen LogP contribution in [0.3, 0.4) is 0 Å². The van der Waals surface area contributed by atoms with E-state index in [9.17, 15) is 4.57 Å². The van der Waals surface area contributed by atoms with Crippen molar-refractivity contribution in [1.82, 2.24) is 0 Å². The fraction of sp³-hybridized carbons (Fsp3) is 1.00. The van der Waals surface area contributed by atoms with Gasteiger partial charge in [-0.25, -0.2) is 0 Å². The van der Waals surface area contributed by atoms with Crippen LogP contribution in [0, 0.1) is 5.92 Å². The minimum absolute atomic E-state index is 0.0960. The summed E-state index contributed by atoms with van der Waals surface area (Å²) in [6, 6.07) is 0. The van der Waals surface area contributed by atoms with E-state index in [1.54, 1.807) is 6.66 Å². The Bertz CT molecular complexity index is 234. The van der Waals surface area contributed by atoms with Crippen LogP contribution in [0.2, 0.25) is 0 Å². The molecular weight excluding hydrogens is 241 g/mol. The van der Waals surface area contributed by atoms with Crippen LogP contribution in [0.5, 0.6) is 0 Å². The molecule has 0 aromatic rings. The number of rotatable bonds is 8. The summed E-state index contributed by atoms with van der Waals surface area (Å²) in [6.45, 7) is 8.51. The predicted molar refractivity (Wildman–Crippen MR) is 74.3 cm³/mol. The van der Waals surface area contributed by atoms with Crippen LogP contribution in [0.4, 0.5) is 0 Å². The van der Waals surface area contributed by atoms with Gasteiger partial charge in [-0.15, -0.1) is 0 Å². The second-order valence-corrected chi connectivity index (χ2v) is 10.0. The summed E-state index contributed by atoms with van der Waals surface area (Å²) in [5, 5.41) is 0. The zero-order chi connectivity index (χ0) is 12.8. The van der Waals surface area contributed by atoms with Crippen molar-refractivity contribution in [3.05, 3.63) is 0 Å². The summed E-state index contributed by atoms with van der Waals surface area (Å²) < 4.78 is 17.7. The Morgan fingerprint density at radius 2 is 1.88 bits per heavy atom. The van der Waals surface area contributed by atoms with Gasteiger partial charge in [0.25, 0.3) is 6.57 Å². The average Bonchev–Trinajstić information content (AvgIpc) is 2.24. The first-order valence-electron chi connectivity index (χ1n) is 5.93. The molecule has 0 rings (SSSR count). The van der Waals surface area contributed by atoms with E-state index in [4.69, 9.17) is 10.3 Å². The lowest BCUT2D eigenvalue weighted by Crippen LogP contribution is -2.32. The molecule has 1 unspecified atom stereocenters. The third-order valence-electron chi connectivity index (χ3n) is 2.66. The van der Waals surface area contributed by atoms with E-state index in [2.05, 4.69) is 27.7 Å². The zero-order valence-electron chi connectivity index (χ0n) is 11.2. The van der Waals surface area contributed by atoms with Crippen molar-refractivity contribution >= 4 is 18.0 Å². The summed E-state index contributed by atoms with van der Waals surface area (Å²) in [4.78, 5) is 0. The Hall–Kier alpha value is 0.500. The molecule has 0 amide bonds. The van der Waals surface area contributed by atoms with Crippen LogP contribution in [-0.4, -0.2) is 24.6 Å². The Morgan fingerprint density at radius 3 is 2.19 bits per heavy atom. The first-order chi connectivity index (χ1) is 7.31. The quantitative estimate of drug-likeness (QED) is 0.681. The standard InChI is InChI=1S/C11H26NO2PS/c1-6-11(7-2,9-12)16-15(5,13)14-8-10(3)4/h10H,6-9,12H2,1-5H3. The summed E-state index contributed by atoms with van der Waals surface area (Å²) in [5.74, 6) is 0.407. The maximum Gasteiger partial charge on any atom is 0.255 e. The van der Waals surface area contributed by atoms with E-state index in [1.807, 2.05) is 0 Å². The molecule has 16 heavy (non-hydrogen) atoms. The molecule has 0 aliphatic heterocycles. The SMILES string of the molecule is CCC(CC)(CN)SP(C)(=O)OCC(C)C. The summed E-state index contributed by atoms with van der Waals surface area (Å²) >= 11 is 1.44. The van der Waals surface area contributed by atoms with Crippen molar-refractivity contribution in [1.29, 1.82) is 0 Å². The Kier molecular flexibility index (Phi) is 7.27. The van der Waals surface area contributed by atoms with Gasteiger partial charge in [0.15, 0.2) is 0 Å². The lowest BCUT2D eigenvalue weighted by atomic mass is 10.0. The summed E-state index contributed by atoms with van der Waals surface area (Å²) in [7, 11) is 0. The largest absolute Gasteiger partial charge is 0.329 e. The van der Waals surface area contributed by atoms with Gasteiger partial charge in [-0.3, -0.25) is 4.57 Å². The second kappa shape index (κ2) is 7.05. The highest BCUT2D eigenvalue weighted by molar-refractivity contribution is 8.57. The Balaban J connectivity index is 4.47. The van der Waals surface area contributed by atoms with Gasteiger partial charge in [0.2, 0.25) is 0 Å². The monoisotopic (exact) mass is 267 g/mol. The number of nitrogens with two attached hydrogens (primary N) is 1. The van der Waals surface area contributed by atoms with E-state index in [-0.39, 0.29) is 4.75 Å². The zero-order valence-corrected chi connectivity index (χ0v) is 12.9. The first kappa shape index (κ1) is 16.5. The molecule has 0 spiro atoms. The van der Waals surface area contributed by atoms with Gasteiger partial charge in [-0.05, 0) is 18.8 Å². The molecule has 0 aromatic heterocycles. The van der Waals surface area contributed by atoms with Gasteiger partial charge >= 0.3 is 0 Å². The van der Waals surface area contributed by atoms with Crippen LogP contribution in [0.15, 0.2) is 0 Å². The van der Waals surface area contributed by atoms with Gasteiger partial charge in [0.1, 0.15) is 0 Å². The van der Waals surface area contributed by atoms with Crippen molar-refractivity contribution in [2.24, 2.45) is 11.7 Å². The Labute approximate surface area is 104 Å². The normalized spacial score (nSPS) is 16.4. The maximum atomic E-state index is 12.3. The summed E-state index contributed by atoms with van der Waals surface area (Å²) in [6.07, 6.45) is 1.85. The molecule has 5 heteroatoms. The van der Waals surface area contributed by atoms with Crippen LogP contribution in [-0.2, 0) is 9.09 Å². The van der Waals surface area contributed by atoms with Crippen LogP contribution >= 0.6 is 18.0 Å². The summed E-state index contributed by atoms with van der Waals surface area (Å²) in [5.41, 5.74) is 5.79. The highest BCUT2D eigenvalue weighted by Gasteiger charge is 2.33. The molecule has 1 atom stereocenters. The predicted octanol–water partition coefficient (Wildman–Crippen LogP) is 3.73. The lowest BCUT2D eigenvalue weighted by Gasteiger charge is -2.31. The molecule has 0 radical (unpaired) electrons. The lowest BCUT2D eigenvalue weighted by molar-refractivity contribution is 0.282. The van der Waals surface area contributed by atoms with Gasteiger partial charge in [-0.1, -0.05) is 39.1 Å². The van der Waals surface area contributed by atoms with Crippen molar-refractivity contribution in [3.63, 3.8) is 0 Å². The van der Waals surface area contributed by atoms with Crippen LogP contribution in [0.1, 0.15) is 40.5 Å². The molecule has 0 fully saturated rings. The van der Waals surface area contributed by atoms with Gasteiger partial charge in [-0.2, -0.15) is 0 Å².